The van der Waals surface area contributed by atoms with Crippen molar-refractivity contribution in [1.29, 1.82) is 0 Å². The first-order valence-corrected chi connectivity index (χ1v) is 8.35. The smallest absolute Gasteiger partial charge is 0.333 e. The van der Waals surface area contributed by atoms with Crippen molar-refractivity contribution in [2.24, 2.45) is 0 Å². The van der Waals surface area contributed by atoms with E-state index in [1.165, 1.54) is 11.1 Å². The molecule has 0 N–H and O–H groups in total. The number of hydrogen-bond donors (Lipinski definition) is 0. The van der Waals surface area contributed by atoms with Crippen LogP contribution in [-0.4, -0.2) is 12.6 Å². The van der Waals surface area contributed by atoms with Gasteiger partial charge in [-0.3, -0.25) is 0 Å². The summed E-state index contributed by atoms with van der Waals surface area (Å²) in [4.78, 5) is 12.0. The minimum Gasteiger partial charge on any atom is -0.463 e. The molecule has 2 nitrogen and oxygen atoms in total. The third-order valence-corrected chi connectivity index (χ3v) is 3.92. The van der Waals surface area contributed by atoms with Gasteiger partial charge in [0.05, 0.1) is 6.61 Å². The first-order valence-electron chi connectivity index (χ1n) is 8.35. The normalized spacial score (nSPS) is 11.6. The van der Waals surface area contributed by atoms with E-state index >= 15 is 0 Å². The molecule has 0 radical (unpaired) electrons. The van der Waals surface area contributed by atoms with Gasteiger partial charge in [0.2, 0.25) is 0 Å². The second-order valence-corrected chi connectivity index (χ2v) is 5.54. The van der Waals surface area contributed by atoms with E-state index in [4.69, 9.17) is 4.74 Å². The third-order valence-electron chi connectivity index (χ3n) is 3.92. The lowest BCUT2D eigenvalue weighted by Crippen LogP contribution is -2.08. The summed E-state index contributed by atoms with van der Waals surface area (Å²) in [6.45, 7) is 8.25. The van der Waals surface area contributed by atoms with Crippen molar-refractivity contribution in [2.75, 3.05) is 6.61 Å². The summed E-state index contributed by atoms with van der Waals surface area (Å²) >= 11 is 0. The quantitative estimate of drug-likeness (QED) is 0.381. The fourth-order valence-electron chi connectivity index (χ4n) is 2.77. The molecule has 0 unspecified atom stereocenters. The van der Waals surface area contributed by atoms with Gasteiger partial charge in [-0.2, -0.15) is 0 Å². The zero-order chi connectivity index (χ0) is 17.4. The van der Waals surface area contributed by atoms with E-state index in [0.29, 0.717) is 18.6 Å². The number of benzene rings is 2. The highest BCUT2D eigenvalue weighted by molar-refractivity contribution is 5.97. The predicted molar refractivity (Wildman–Crippen MR) is 100 cm³/mol. The summed E-state index contributed by atoms with van der Waals surface area (Å²) < 4.78 is 5.10. The van der Waals surface area contributed by atoms with Gasteiger partial charge in [0.15, 0.2) is 0 Å². The van der Waals surface area contributed by atoms with Gasteiger partial charge in [-0.25, -0.2) is 4.79 Å². The SMILES string of the molecule is C=C(C/C(=C(\CC)c1ccccc1)c1ccccc1)C(=O)OCC. The van der Waals surface area contributed by atoms with Gasteiger partial charge < -0.3 is 4.74 Å². The number of ether oxygens (including phenoxy) is 1. The van der Waals surface area contributed by atoms with Gasteiger partial charge in [-0.15, -0.1) is 0 Å². The number of allylic oxidation sites excluding steroid dienone is 2. The van der Waals surface area contributed by atoms with Crippen molar-refractivity contribution < 1.29 is 9.53 Å². The van der Waals surface area contributed by atoms with Crippen LogP contribution in [0, 0.1) is 0 Å². The lowest BCUT2D eigenvalue weighted by atomic mass is 9.89. The Morgan fingerprint density at radius 2 is 1.38 bits per heavy atom. The van der Waals surface area contributed by atoms with Crippen LogP contribution in [0.1, 0.15) is 37.8 Å². The first kappa shape index (κ1) is 17.7. The van der Waals surface area contributed by atoms with E-state index in [0.717, 1.165) is 17.6 Å². The van der Waals surface area contributed by atoms with Crippen LogP contribution in [0.5, 0.6) is 0 Å². The van der Waals surface area contributed by atoms with Crippen molar-refractivity contribution in [1.82, 2.24) is 0 Å². The van der Waals surface area contributed by atoms with Crippen molar-refractivity contribution >= 4 is 17.1 Å². The number of hydrogen-bond acceptors (Lipinski definition) is 2. The molecule has 0 aliphatic rings. The Hall–Kier alpha value is -2.61. The molecule has 124 valence electrons. The number of carbonyl (C=O) groups is 1. The summed E-state index contributed by atoms with van der Waals surface area (Å²) in [6.07, 6.45) is 1.37. The van der Waals surface area contributed by atoms with E-state index < -0.39 is 0 Å². The Bertz CT molecular complexity index is 712. The van der Waals surface area contributed by atoms with Crippen LogP contribution >= 0.6 is 0 Å². The maximum absolute atomic E-state index is 12.0. The first-order chi connectivity index (χ1) is 11.7. The van der Waals surface area contributed by atoms with E-state index in [1.54, 1.807) is 6.92 Å². The Labute approximate surface area is 144 Å². The average Bonchev–Trinajstić information content (AvgIpc) is 2.63. The predicted octanol–water partition coefficient (Wildman–Crippen LogP) is 5.52. The average molecular weight is 320 g/mol. The van der Waals surface area contributed by atoms with Crippen LogP contribution in [0.4, 0.5) is 0 Å². The third kappa shape index (κ3) is 4.45. The van der Waals surface area contributed by atoms with Gasteiger partial charge in [0.1, 0.15) is 0 Å². The molecule has 24 heavy (non-hydrogen) atoms. The Morgan fingerprint density at radius 1 is 0.875 bits per heavy atom. The molecule has 0 heterocycles. The summed E-state index contributed by atoms with van der Waals surface area (Å²) in [6, 6.07) is 20.5. The van der Waals surface area contributed by atoms with E-state index in [1.807, 2.05) is 36.4 Å². The molecule has 0 aromatic heterocycles. The van der Waals surface area contributed by atoms with Crippen molar-refractivity contribution in [3.05, 3.63) is 83.9 Å². The molecule has 0 fully saturated rings. The Balaban J connectivity index is 2.48. The van der Waals surface area contributed by atoms with E-state index in [9.17, 15) is 4.79 Å². The van der Waals surface area contributed by atoms with Gasteiger partial charge in [-0.1, -0.05) is 74.2 Å². The maximum Gasteiger partial charge on any atom is 0.333 e. The molecule has 0 bridgehead atoms. The van der Waals surface area contributed by atoms with Crippen molar-refractivity contribution in [3.8, 4) is 0 Å². The lowest BCUT2D eigenvalue weighted by Gasteiger charge is -2.16. The molecular weight excluding hydrogens is 296 g/mol. The highest BCUT2D eigenvalue weighted by Gasteiger charge is 2.15. The molecule has 2 heteroatoms. The minimum atomic E-state index is -0.325. The minimum absolute atomic E-state index is 0.325. The fraction of sp³-hybridized carbons (Fsp3) is 0.227. The van der Waals surface area contributed by atoms with E-state index in [-0.39, 0.29) is 5.97 Å². The lowest BCUT2D eigenvalue weighted by molar-refractivity contribution is -0.138. The highest BCUT2D eigenvalue weighted by Crippen LogP contribution is 2.33. The molecule has 2 aromatic carbocycles. The molecule has 0 aliphatic carbocycles. The topological polar surface area (TPSA) is 26.3 Å². The van der Waals surface area contributed by atoms with Crippen molar-refractivity contribution in [2.45, 2.75) is 26.7 Å². The van der Waals surface area contributed by atoms with Crippen LogP contribution in [0.25, 0.3) is 11.1 Å². The Morgan fingerprint density at radius 3 is 1.83 bits per heavy atom. The van der Waals surface area contributed by atoms with Crippen LogP contribution in [0.3, 0.4) is 0 Å². The molecule has 0 spiro atoms. The molecule has 2 aromatic rings. The van der Waals surface area contributed by atoms with Gasteiger partial charge >= 0.3 is 5.97 Å². The zero-order valence-electron chi connectivity index (χ0n) is 14.4. The highest BCUT2D eigenvalue weighted by atomic mass is 16.5. The molecule has 0 saturated heterocycles. The summed E-state index contributed by atoms with van der Waals surface area (Å²) in [7, 11) is 0. The maximum atomic E-state index is 12.0. The largest absolute Gasteiger partial charge is 0.463 e. The molecule has 0 aliphatic heterocycles. The second-order valence-electron chi connectivity index (χ2n) is 5.54. The second kappa shape index (κ2) is 8.88. The molecular formula is C22H24O2. The van der Waals surface area contributed by atoms with Crippen LogP contribution in [-0.2, 0) is 9.53 Å². The molecule has 0 saturated carbocycles. The molecule has 0 atom stereocenters. The van der Waals surface area contributed by atoms with Gasteiger partial charge in [-0.05, 0) is 35.6 Å². The van der Waals surface area contributed by atoms with Gasteiger partial charge in [0.25, 0.3) is 0 Å². The molecule has 0 amide bonds. The number of rotatable bonds is 7. The van der Waals surface area contributed by atoms with Crippen LogP contribution in [0.15, 0.2) is 72.8 Å². The van der Waals surface area contributed by atoms with Crippen molar-refractivity contribution in [3.63, 3.8) is 0 Å². The summed E-state index contributed by atoms with van der Waals surface area (Å²) in [5, 5.41) is 0. The number of esters is 1. The fourth-order valence-corrected chi connectivity index (χ4v) is 2.77. The van der Waals surface area contributed by atoms with E-state index in [2.05, 4.69) is 37.8 Å². The standard InChI is InChI=1S/C22H24O2/c1-4-20(18-12-8-6-9-13-18)21(19-14-10-7-11-15-19)16-17(3)22(23)24-5-2/h6-15H,3-5,16H2,1-2H3/b21-20-. The van der Waals surface area contributed by atoms with Crippen LogP contribution < -0.4 is 0 Å². The summed E-state index contributed by atoms with van der Waals surface area (Å²) in [5.74, 6) is -0.325. The Kier molecular flexibility index (Phi) is 6.56. The molecule has 2 rings (SSSR count). The number of carbonyl (C=O) groups excluding carboxylic acids is 1. The zero-order valence-corrected chi connectivity index (χ0v) is 14.4. The van der Waals surface area contributed by atoms with Crippen LogP contribution in [0.2, 0.25) is 0 Å². The monoisotopic (exact) mass is 320 g/mol. The summed E-state index contributed by atoms with van der Waals surface area (Å²) in [5.41, 5.74) is 5.13. The van der Waals surface area contributed by atoms with Gasteiger partial charge in [0, 0.05) is 12.0 Å².